The van der Waals surface area contributed by atoms with Crippen LogP contribution < -0.4 is 10.2 Å². The summed E-state index contributed by atoms with van der Waals surface area (Å²) in [4.78, 5) is 11.2. The van der Waals surface area contributed by atoms with Gasteiger partial charge in [-0.05, 0) is 18.3 Å². The van der Waals surface area contributed by atoms with E-state index in [-0.39, 0.29) is 0 Å². The fourth-order valence-electron chi connectivity index (χ4n) is 2.51. The topological polar surface area (TPSA) is 41.1 Å². The molecule has 0 radical (unpaired) electrons. The summed E-state index contributed by atoms with van der Waals surface area (Å²) in [6.07, 6.45) is 3.85. The molecule has 0 saturated carbocycles. The highest BCUT2D eigenvalue weighted by molar-refractivity contribution is 5.59. The van der Waals surface area contributed by atoms with E-state index in [1.54, 1.807) is 6.33 Å². The van der Waals surface area contributed by atoms with Gasteiger partial charge in [0, 0.05) is 25.7 Å². The van der Waals surface area contributed by atoms with E-state index in [9.17, 15) is 0 Å². The minimum atomic E-state index is 0.399. The van der Waals surface area contributed by atoms with E-state index in [2.05, 4.69) is 41.0 Å². The minimum Gasteiger partial charge on any atom is -0.373 e. The number of hydrogen-bond donors (Lipinski definition) is 1. The van der Waals surface area contributed by atoms with E-state index < -0.39 is 0 Å². The minimum absolute atomic E-state index is 0.399. The first-order chi connectivity index (χ1) is 8.07. The van der Waals surface area contributed by atoms with E-state index in [0.29, 0.717) is 5.41 Å². The molecule has 0 bridgehead atoms. The molecule has 0 amide bonds. The summed E-state index contributed by atoms with van der Waals surface area (Å²) < 4.78 is 0. The molecule has 0 atom stereocenters. The number of aromatic nitrogens is 2. The van der Waals surface area contributed by atoms with Gasteiger partial charge in [-0.3, -0.25) is 0 Å². The number of nitrogens with zero attached hydrogens (tertiary/aromatic N) is 3. The summed E-state index contributed by atoms with van der Waals surface area (Å²) in [5.41, 5.74) is 1.63. The average Bonchev–Trinajstić information content (AvgIpc) is 2.68. The highest BCUT2D eigenvalue weighted by Gasteiger charge is 2.31. The van der Waals surface area contributed by atoms with Gasteiger partial charge in [-0.1, -0.05) is 20.8 Å². The molecule has 2 heterocycles. The van der Waals surface area contributed by atoms with Gasteiger partial charge < -0.3 is 10.2 Å². The van der Waals surface area contributed by atoms with Gasteiger partial charge in [-0.2, -0.15) is 0 Å². The fourth-order valence-corrected chi connectivity index (χ4v) is 2.51. The molecule has 94 valence electrons. The van der Waals surface area contributed by atoms with Crippen molar-refractivity contribution in [2.75, 3.05) is 30.4 Å². The van der Waals surface area contributed by atoms with Crippen molar-refractivity contribution in [2.24, 2.45) is 5.41 Å². The number of hydrogen-bond acceptors (Lipinski definition) is 4. The smallest absolute Gasteiger partial charge is 0.137 e. The third-order valence-corrected chi connectivity index (χ3v) is 3.49. The van der Waals surface area contributed by atoms with Crippen molar-refractivity contribution < 1.29 is 0 Å². The molecule has 1 aromatic rings. The Balaban J connectivity index is 2.33. The molecule has 1 aliphatic rings. The zero-order chi connectivity index (χ0) is 12.5. The van der Waals surface area contributed by atoms with Crippen LogP contribution in [0.3, 0.4) is 0 Å². The molecular weight excluding hydrogens is 212 g/mol. The van der Waals surface area contributed by atoms with Crippen molar-refractivity contribution in [1.82, 2.24) is 9.97 Å². The van der Waals surface area contributed by atoms with E-state index in [0.717, 1.165) is 31.1 Å². The second-order valence-electron chi connectivity index (χ2n) is 5.46. The molecule has 1 aromatic heterocycles. The van der Waals surface area contributed by atoms with Gasteiger partial charge in [0.25, 0.3) is 0 Å². The molecule has 1 fully saturated rings. The van der Waals surface area contributed by atoms with Crippen LogP contribution in [0.5, 0.6) is 0 Å². The highest BCUT2D eigenvalue weighted by Crippen LogP contribution is 2.34. The lowest BCUT2D eigenvalue weighted by Gasteiger charge is -2.23. The summed E-state index contributed by atoms with van der Waals surface area (Å²) in [7, 11) is 1.92. The largest absolute Gasteiger partial charge is 0.373 e. The van der Waals surface area contributed by atoms with E-state index in [1.165, 1.54) is 12.0 Å². The lowest BCUT2D eigenvalue weighted by Crippen LogP contribution is -2.25. The predicted molar refractivity (Wildman–Crippen MR) is 71.6 cm³/mol. The molecule has 1 aliphatic heterocycles. The molecular formula is C13H22N4. The Labute approximate surface area is 103 Å². The molecule has 1 N–H and O–H groups in total. The van der Waals surface area contributed by atoms with Gasteiger partial charge in [0.1, 0.15) is 18.0 Å². The van der Waals surface area contributed by atoms with Crippen molar-refractivity contribution in [3.05, 3.63) is 11.9 Å². The predicted octanol–water partition coefficient (Wildman–Crippen LogP) is 2.32. The quantitative estimate of drug-likeness (QED) is 0.871. The van der Waals surface area contributed by atoms with E-state index in [1.807, 2.05) is 7.05 Å². The van der Waals surface area contributed by atoms with Crippen LogP contribution in [-0.4, -0.2) is 30.1 Å². The summed E-state index contributed by atoms with van der Waals surface area (Å²) >= 11 is 0. The SMILES string of the molecule is CCc1c(NC)ncnc1N1CCC(C)(C)C1. The normalized spacial score (nSPS) is 18.5. The van der Waals surface area contributed by atoms with Crippen LogP contribution in [0.1, 0.15) is 32.8 Å². The zero-order valence-electron chi connectivity index (χ0n) is 11.2. The Bertz CT molecular complexity index is 400. The molecule has 1 saturated heterocycles. The summed E-state index contributed by atoms with van der Waals surface area (Å²) in [6, 6.07) is 0. The van der Waals surface area contributed by atoms with Crippen molar-refractivity contribution in [3.8, 4) is 0 Å². The molecule has 0 spiro atoms. The highest BCUT2D eigenvalue weighted by atomic mass is 15.2. The number of rotatable bonds is 3. The first-order valence-corrected chi connectivity index (χ1v) is 6.34. The third kappa shape index (κ3) is 2.35. The Morgan fingerprint density at radius 1 is 1.41 bits per heavy atom. The maximum Gasteiger partial charge on any atom is 0.137 e. The second-order valence-corrected chi connectivity index (χ2v) is 5.46. The van der Waals surface area contributed by atoms with Crippen LogP contribution >= 0.6 is 0 Å². The van der Waals surface area contributed by atoms with Crippen molar-refractivity contribution in [1.29, 1.82) is 0 Å². The van der Waals surface area contributed by atoms with Crippen molar-refractivity contribution in [3.63, 3.8) is 0 Å². The Hall–Kier alpha value is -1.32. The van der Waals surface area contributed by atoms with Crippen molar-refractivity contribution >= 4 is 11.6 Å². The van der Waals surface area contributed by atoms with Crippen LogP contribution in [0.15, 0.2) is 6.33 Å². The maximum absolute atomic E-state index is 4.48. The van der Waals surface area contributed by atoms with Gasteiger partial charge in [0.15, 0.2) is 0 Å². The Morgan fingerprint density at radius 2 is 2.18 bits per heavy atom. The summed E-state index contributed by atoms with van der Waals surface area (Å²) in [5, 5.41) is 3.15. The Morgan fingerprint density at radius 3 is 2.71 bits per heavy atom. The first kappa shape index (κ1) is 12.1. The summed E-state index contributed by atoms with van der Waals surface area (Å²) in [5.74, 6) is 2.07. The molecule has 4 nitrogen and oxygen atoms in total. The van der Waals surface area contributed by atoms with Crippen molar-refractivity contribution in [2.45, 2.75) is 33.6 Å². The number of nitrogens with one attached hydrogen (secondary N) is 1. The lowest BCUT2D eigenvalue weighted by molar-refractivity contribution is 0.418. The average molecular weight is 234 g/mol. The summed E-state index contributed by atoms with van der Waals surface area (Å²) in [6.45, 7) is 8.97. The maximum atomic E-state index is 4.48. The second kappa shape index (κ2) is 4.51. The van der Waals surface area contributed by atoms with E-state index in [4.69, 9.17) is 0 Å². The monoisotopic (exact) mass is 234 g/mol. The molecule has 17 heavy (non-hydrogen) atoms. The van der Waals surface area contributed by atoms with E-state index >= 15 is 0 Å². The van der Waals surface area contributed by atoms with Crippen LogP contribution in [0.4, 0.5) is 11.6 Å². The fraction of sp³-hybridized carbons (Fsp3) is 0.692. The molecule has 0 unspecified atom stereocenters. The zero-order valence-corrected chi connectivity index (χ0v) is 11.2. The van der Waals surface area contributed by atoms with Crippen LogP contribution in [0.25, 0.3) is 0 Å². The van der Waals surface area contributed by atoms with Gasteiger partial charge in [-0.25, -0.2) is 9.97 Å². The third-order valence-electron chi connectivity index (χ3n) is 3.49. The first-order valence-electron chi connectivity index (χ1n) is 6.34. The molecule has 4 heteroatoms. The van der Waals surface area contributed by atoms with Crippen LogP contribution in [0.2, 0.25) is 0 Å². The van der Waals surface area contributed by atoms with Crippen LogP contribution in [0, 0.1) is 5.41 Å². The van der Waals surface area contributed by atoms with Crippen LogP contribution in [-0.2, 0) is 6.42 Å². The van der Waals surface area contributed by atoms with Gasteiger partial charge in [-0.15, -0.1) is 0 Å². The lowest BCUT2D eigenvalue weighted by atomic mass is 9.93. The molecule has 2 rings (SSSR count). The number of anilines is 2. The van der Waals surface area contributed by atoms with Gasteiger partial charge in [0.05, 0.1) is 0 Å². The Kier molecular flexibility index (Phi) is 3.22. The molecule has 0 aromatic carbocycles. The standard InChI is InChI=1S/C13H22N4/c1-5-10-11(14-4)15-9-16-12(10)17-7-6-13(2,3)8-17/h9H,5-8H2,1-4H3,(H,14,15,16). The van der Waals surface area contributed by atoms with Gasteiger partial charge in [0.2, 0.25) is 0 Å². The van der Waals surface area contributed by atoms with Gasteiger partial charge >= 0.3 is 0 Å². The molecule has 0 aliphatic carbocycles.